The molecule has 4 heteroatoms. The zero-order valence-electron chi connectivity index (χ0n) is 10.4. The number of hydrogen-bond acceptors (Lipinski definition) is 3. The molecule has 0 rings (SSSR count). The smallest absolute Gasteiger partial charge is 0.320 e. The Morgan fingerprint density at radius 2 is 1.88 bits per heavy atom. The molecule has 0 aliphatic rings. The average molecular weight is 247 g/mol. The highest BCUT2D eigenvalue weighted by atomic mass is 32.1. The van der Waals surface area contributed by atoms with E-state index in [0.29, 0.717) is 17.6 Å². The minimum atomic E-state index is -0.897. The van der Waals surface area contributed by atoms with Gasteiger partial charge in [-0.2, -0.15) is 12.6 Å². The second-order valence-corrected chi connectivity index (χ2v) is 5.20. The van der Waals surface area contributed by atoms with Crippen LogP contribution >= 0.6 is 12.6 Å². The van der Waals surface area contributed by atoms with Crippen LogP contribution in [0.1, 0.15) is 52.4 Å². The molecule has 0 aromatic rings. The Morgan fingerprint density at radius 3 is 2.38 bits per heavy atom. The van der Waals surface area contributed by atoms with Gasteiger partial charge < -0.3 is 10.8 Å². The standard InChI is InChI=1S/C12H25NO2S/c1-3-9(2)11(16)8-6-4-5-7-10(13)12(14)15/h9-11,16H,3-8,13H2,1-2H3,(H,14,15). The molecule has 0 aromatic heterocycles. The molecule has 0 aliphatic carbocycles. The Hall–Kier alpha value is -0.220. The maximum absolute atomic E-state index is 10.5. The summed E-state index contributed by atoms with van der Waals surface area (Å²) in [5.74, 6) is -0.240. The van der Waals surface area contributed by atoms with Crippen LogP contribution in [-0.4, -0.2) is 22.4 Å². The Morgan fingerprint density at radius 1 is 1.31 bits per heavy atom. The summed E-state index contributed by atoms with van der Waals surface area (Å²) < 4.78 is 0. The van der Waals surface area contributed by atoms with Crippen LogP contribution in [0.15, 0.2) is 0 Å². The van der Waals surface area contributed by atoms with Gasteiger partial charge in [0.2, 0.25) is 0 Å². The molecule has 0 radical (unpaired) electrons. The lowest BCUT2D eigenvalue weighted by Gasteiger charge is -2.17. The van der Waals surface area contributed by atoms with Gasteiger partial charge in [0.05, 0.1) is 0 Å². The van der Waals surface area contributed by atoms with Crippen LogP contribution in [0.25, 0.3) is 0 Å². The van der Waals surface area contributed by atoms with E-state index < -0.39 is 12.0 Å². The van der Waals surface area contributed by atoms with E-state index in [2.05, 4.69) is 26.5 Å². The first-order chi connectivity index (χ1) is 7.49. The lowest BCUT2D eigenvalue weighted by Crippen LogP contribution is -2.29. The predicted molar refractivity (Wildman–Crippen MR) is 70.9 cm³/mol. The first-order valence-corrected chi connectivity index (χ1v) is 6.67. The van der Waals surface area contributed by atoms with Crippen molar-refractivity contribution in [1.29, 1.82) is 0 Å². The third kappa shape index (κ3) is 7.12. The molecule has 0 fully saturated rings. The molecular formula is C12H25NO2S. The van der Waals surface area contributed by atoms with Gasteiger partial charge in [0.25, 0.3) is 0 Å². The molecule has 3 unspecified atom stereocenters. The van der Waals surface area contributed by atoms with E-state index in [4.69, 9.17) is 10.8 Å². The molecule has 0 bridgehead atoms. The van der Waals surface area contributed by atoms with E-state index in [1.807, 2.05) is 0 Å². The number of unbranched alkanes of at least 4 members (excludes halogenated alkanes) is 2. The lowest BCUT2D eigenvalue weighted by molar-refractivity contribution is -0.138. The van der Waals surface area contributed by atoms with Crippen molar-refractivity contribution in [2.75, 3.05) is 0 Å². The molecule has 0 spiro atoms. The van der Waals surface area contributed by atoms with Gasteiger partial charge in [0.1, 0.15) is 6.04 Å². The first kappa shape index (κ1) is 15.8. The van der Waals surface area contributed by atoms with E-state index >= 15 is 0 Å². The summed E-state index contributed by atoms with van der Waals surface area (Å²) in [4.78, 5) is 10.5. The number of carboxylic acid groups (broad SMARTS) is 1. The fraction of sp³-hybridized carbons (Fsp3) is 0.917. The molecule has 96 valence electrons. The van der Waals surface area contributed by atoms with Gasteiger partial charge in [-0.25, -0.2) is 0 Å². The summed E-state index contributed by atoms with van der Waals surface area (Å²) in [6, 6.07) is -0.693. The molecule has 0 heterocycles. The summed E-state index contributed by atoms with van der Waals surface area (Å²) in [6.45, 7) is 4.40. The number of nitrogens with two attached hydrogens (primary N) is 1. The van der Waals surface area contributed by atoms with Crippen molar-refractivity contribution >= 4 is 18.6 Å². The Labute approximate surface area is 104 Å². The molecule has 0 aromatic carbocycles. The molecule has 3 nitrogen and oxygen atoms in total. The number of thiol groups is 1. The van der Waals surface area contributed by atoms with E-state index in [0.717, 1.165) is 32.1 Å². The van der Waals surface area contributed by atoms with Gasteiger partial charge in [0.15, 0.2) is 0 Å². The minimum absolute atomic E-state index is 0.471. The number of aliphatic carboxylic acids is 1. The average Bonchev–Trinajstić information content (AvgIpc) is 2.26. The number of rotatable bonds is 9. The van der Waals surface area contributed by atoms with Crippen molar-refractivity contribution in [2.45, 2.75) is 63.7 Å². The van der Waals surface area contributed by atoms with E-state index in [1.54, 1.807) is 0 Å². The van der Waals surface area contributed by atoms with Crippen molar-refractivity contribution in [3.8, 4) is 0 Å². The maximum Gasteiger partial charge on any atom is 0.320 e. The van der Waals surface area contributed by atoms with Gasteiger partial charge in [-0.15, -0.1) is 0 Å². The lowest BCUT2D eigenvalue weighted by atomic mass is 9.99. The molecule has 0 aliphatic heterocycles. The van der Waals surface area contributed by atoms with Crippen LogP contribution in [0.5, 0.6) is 0 Å². The summed E-state index contributed by atoms with van der Waals surface area (Å²) in [5.41, 5.74) is 5.41. The second kappa shape index (κ2) is 8.88. The van der Waals surface area contributed by atoms with Gasteiger partial charge in [-0.1, -0.05) is 39.5 Å². The van der Waals surface area contributed by atoms with Gasteiger partial charge >= 0.3 is 5.97 Å². The number of hydrogen-bond donors (Lipinski definition) is 3. The first-order valence-electron chi connectivity index (χ1n) is 6.15. The SMILES string of the molecule is CCC(C)C(S)CCCCCC(N)C(=O)O. The third-order valence-corrected chi connectivity index (χ3v) is 3.90. The van der Waals surface area contributed by atoms with Crippen LogP contribution in [0.3, 0.4) is 0 Å². The topological polar surface area (TPSA) is 63.3 Å². The van der Waals surface area contributed by atoms with E-state index in [9.17, 15) is 4.79 Å². The van der Waals surface area contributed by atoms with E-state index in [-0.39, 0.29) is 0 Å². The molecule has 3 N–H and O–H groups in total. The van der Waals surface area contributed by atoms with E-state index in [1.165, 1.54) is 0 Å². The molecule has 3 atom stereocenters. The van der Waals surface area contributed by atoms with Crippen LogP contribution in [0.2, 0.25) is 0 Å². The summed E-state index contributed by atoms with van der Waals surface area (Å²) in [5, 5.41) is 9.06. The molecule has 0 saturated heterocycles. The minimum Gasteiger partial charge on any atom is -0.480 e. The van der Waals surface area contributed by atoms with Crippen LogP contribution in [-0.2, 0) is 4.79 Å². The molecular weight excluding hydrogens is 222 g/mol. The highest BCUT2D eigenvalue weighted by Gasteiger charge is 2.12. The second-order valence-electron chi connectivity index (χ2n) is 4.54. The maximum atomic E-state index is 10.5. The summed E-state index contributed by atoms with van der Waals surface area (Å²) >= 11 is 4.56. The highest BCUT2D eigenvalue weighted by Crippen LogP contribution is 2.20. The van der Waals surface area contributed by atoms with Crippen molar-refractivity contribution in [1.82, 2.24) is 0 Å². The van der Waals surface area contributed by atoms with Crippen LogP contribution < -0.4 is 5.73 Å². The van der Waals surface area contributed by atoms with Crippen molar-refractivity contribution in [2.24, 2.45) is 11.7 Å². The number of carbonyl (C=O) groups is 1. The van der Waals surface area contributed by atoms with Crippen molar-refractivity contribution in [3.63, 3.8) is 0 Å². The molecule has 0 amide bonds. The zero-order chi connectivity index (χ0) is 12.6. The van der Waals surface area contributed by atoms with Crippen LogP contribution in [0.4, 0.5) is 0 Å². The molecule has 16 heavy (non-hydrogen) atoms. The Kier molecular flexibility index (Phi) is 8.76. The van der Waals surface area contributed by atoms with Gasteiger partial charge in [0, 0.05) is 5.25 Å². The third-order valence-electron chi connectivity index (χ3n) is 3.13. The fourth-order valence-corrected chi connectivity index (χ4v) is 1.97. The predicted octanol–water partition coefficient (Wildman–Crippen LogP) is 2.69. The van der Waals surface area contributed by atoms with Crippen LogP contribution in [0, 0.1) is 5.92 Å². The summed E-state index contributed by atoms with van der Waals surface area (Å²) in [6.07, 6.45) is 5.92. The largest absolute Gasteiger partial charge is 0.480 e. The zero-order valence-corrected chi connectivity index (χ0v) is 11.2. The normalized spacial score (nSPS) is 16.8. The number of carboxylic acids is 1. The summed E-state index contributed by atoms with van der Waals surface area (Å²) in [7, 11) is 0. The van der Waals surface area contributed by atoms with Crippen molar-refractivity contribution in [3.05, 3.63) is 0 Å². The van der Waals surface area contributed by atoms with Gasteiger partial charge in [-0.05, 0) is 18.8 Å². The Balaban J connectivity index is 3.43. The fourth-order valence-electron chi connectivity index (χ4n) is 1.57. The quantitative estimate of drug-likeness (QED) is 0.433. The highest BCUT2D eigenvalue weighted by molar-refractivity contribution is 7.81. The van der Waals surface area contributed by atoms with Crippen molar-refractivity contribution < 1.29 is 9.90 Å². The monoisotopic (exact) mass is 247 g/mol. The molecule has 0 saturated carbocycles. The Bertz CT molecular complexity index is 199. The van der Waals surface area contributed by atoms with Gasteiger partial charge in [-0.3, -0.25) is 4.79 Å².